The summed E-state index contributed by atoms with van der Waals surface area (Å²) in [4.78, 5) is 25.7. The molecule has 0 saturated carbocycles. The molecule has 0 radical (unpaired) electrons. The zero-order valence-corrected chi connectivity index (χ0v) is 12.4. The minimum absolute atomic E-state index is 0.155. The normalized spacial score (nSPS) is 17.0. The highest BCUT2D eigenvalue weighted by Gasteiger charge is 2.29. The van der Waals surface area contributed by atoms with Crippen LogP contribution in [0.15, 0.2) is 28.8 Å². The van der Waals surface area contributed by atoms with E-state index in [4.69, 9.17) is 9.26 Å². The van der Waals surface area contributed by atoms with Crippen LogP contribution < -0.4 is 15.0 Å². The molecule has 2 aromatic rings. The molecule has 1 unspecified atom stereocenters. The smallest absolute Gasteiger partial charge is 0.267 e. The lowest BCUT2D eigenvalue weighted by atomic mass is 10.1. The second-order valence-corrected chi connectivity index (χ2v) is 5.12. The summed E-state index contributed by atoms with van der Waals surface area (Å²) in [5, 5.41) is 6.34. The highest BCUT2D eigenvalue weighted by atomic mass is 16.5. The van der Waals surface area contributed by atoms with E-state index in [0.717, 1.165) is 0 Å². The molecule has 7 heteroatoms. The van der Waals surface area contributed by atoms with Gasteiger partial charge >= 0.3 is 0 Å². The Labute approximate surface area is 126 Å². The lowest BCUT2D eigenvalue weighted by Crippen LogP contribution is -2.42. The fourth-order valence-electron chi connectivity index (χ4n) is 2.27. The van der Waals surface area contributed by atoms with Gasteiger partial charge in [0.15, 0.2) is 11.9 Å². The molecule has 1 aliphatic rings. The first-order valence-electron chi connectivity index (χ1n) is 6.78. The Morgan fingerprint density at radius 2 is 2.14 bits per heavy atom. The number of anilines is 2. The molecule has 114 valence electrons. The molecule has 0 aliphatic carbocycles. The molecule has 1 aromatic carbocycles. The molecule has 7 nitrogen and oxygen atoms in total. The van der Waals surface area contributed by atoms with E-state index in [1.54, 1.807) is 45.2 Å². The average Bonchev–Trinajstić information content (AvgIpc) is 2.90. The van der Waals surface area contributed by atoms with Crippen molar-refractivity contribution in [2.24, 2.45) is 0 Å². The Balaban J connectivity index is 1.87. The first kappa shape index (κ1) is 14.1. The monoisotopic (exact) mass is 301 g/mol. The first-order valence-corrected chi connectivity index (χ1v) is 6.78. The molecule has 3 rings (SSSR count). The number of ether oxygens (including phenoxy) is 1. The van der Waals surface area contributed by atoms with Crippen LogP contribution in [0.4, 0.5) is 11.5 Å². The van der Waals surface area contributed by atoms with Gasteiger partial charge in [0.2, 0.25) is 0 Å². The topological polar surface area (TPSA) is 84.7 Å². The zero-order chi connectivity index (χ0) is 15.9. The lowest BCUT2D eigenvalue weighted by molar-refractivity contribution is -0.125. The zero-order valence-electron chi connectivity index (χ0n) is 12.4. The molecule has 1 aromatic heterocycles. The average molecular weight is 301 g/mol. The second kappa shape index (κ2) is 5.18. The molecule has 0 saturated heterocycles. The number of hydrogen-bond acceptors (Lipinski definition) is 5. The summed E-state index contributed by atoms with van der Waals surface area (Å²) < 4.78 is 10.4. The van der Waals surface area contributed by atoms with Gasteiger partial charge in [-0.05, 0) is 32.0 Å². The molecule has 1 N–H and O–H groups in total. The van der Waals surface area contributed by atoms with Crippen molar-refractivity contribution < 1.29 is 18.8 Å². The summed E-state index contributed by atoms with van der Waals surface area (Å²) in [5.41, 5.74) is 0.962. The van der Waals surface area contributed by atoms with Gasteiger partial charge in [0.25, 0.3) is 11.8 Å². The maximum absolute atomic E-state index is 12.2. The van der Waals surface area contributed by atoms with Crippen LogP contribution in [0.1, 0.15) is 23.0 Å². The van der Waals surface area contributed by atoms with Crippen molar-refractivity contribution in [2.75, 3.05) is 17.3 Å². The number of likely N-dealkylation sites (N-methyl/N-ethyl adjacent to an activating group) is 1. The SMILES string of the molecule is Cc1cc(NC(=O)c2ccc3c(c2)N(C)C(=O)C(C)O3)no1. The van der Waals surface area contributed by atoms with Gasteiger partial charge in [-0.1, -0.05) is 5.16 Å². The highest BCUT2D eigenvalue weighted by molar-refractivity contribution is 6.06. The number of rotatable bonds is 2. The van der Waals surface area contributed by atoms with E-state index in [2.05, 4.69) is 10.5 Å². The lowest BCUT2D eigenvalue weighted by Gasteiger charge is -2.30. The summed E-state index contributed by atoms with van der Waals surface area (Å²) in [5.74, 6) is 1.03. The van der Waals surface area contributed by atoms with Crippen molar-refractivity contribution in [3.63, 3.8) is 0 Å². The quantitative estimate of drug-likeness (QED) is 0.916. The maximum Gasteiger partial charge on any atom is 0.267 e. The molecule has 0 spiro atoms. The minimum Gasteiger partial charge on any atom is -0.479 e. The first-order chi connectivity index (χ1) is 10.5. The van der Waals surface area contributed by atoms with Crippen molar-refractivity contribution >= 4 is 23.3 Å². The van der Waals surface area contributed by atoms with Gasteiger partial charge in [-0.25, -0.2) is 0 Å². The maximum atomic E-state index is 12.2. The molecule has 1 aliphatic heterocycles. The van der Waals surface area contributed by atoms with Gasteiger partial charge in [-0.15, -0.1) is 0 Å². The third-order valence-electron chi connectivity index (χ3n) is 3.43. The van der Waals surface area contributed by atoms with Crippen LogP contribution in [0.5, 0.6) is 5.75 Å². The number of benzene rings is 1. The predicted molar refractivity (Wildman–Crippen MR) is 79.1 cm³/mol. The standard InChI is InChI=1S/C15H15N3O4/c1-8-6-13(17-22-8)16-14(19)10-4-5-12-11(7-10)18(3)15(20)9(2)21-12/h4-7,9H,1-3H3,(H,16,17,19). The number of aromatic nitrogens is 1. The van der Waals surface area contributed by atoms with Gasteiger partial charge in [0, 0.05) is 18.7 Å². The molecular formula is C15H15N3O4. The van der Waals surface area contributed by atoms with Crippen molar-refractivity contribution in [2.45, 2.75) is 20.0 Å². The largest absolute Gasteiger partial charge is 0.479 e. The van der Waals surface area contributed by atoms with Gasteiger partial charge in [0.1, 0.15) is 11.5 Å². The minimum atomic E-state index is -0.532. The number of fused-ring (bicyclic) bond motifs is 1. The highest BCUT2D eigenvalue weighted by Crippen LogP contribution is 2.34. The Bertz CT molecular complexity index is 753. The summed E-state index contributed by atoms with van der Waals surface area (Å²) in [6.07, 6.45) is -0.532. The fraction of sp³-hybridized carbons (Fsp3) is 0.267. The van der Waals surface area contributed by atoms with E-state index in [-0.39, 0.29) is 11.8 Å². The third-order valence-corrected chi connectivity index (χ3v) is 3.43. The van der Waals surface area contributed by atoms with Gasteiger partial charge in [-0.3, -0.25) is 9.59 Å². The van der Waals surface area contributed by atoms with Gasteiger partial charge in [0.05, 0.1) is 5.69 Å². The molecule has 0 fully saturated rings. The van der Waals surface area contributed by atoms with Crippen molar-refractivity contribution in [1.29, 1.82) is 0 Å². The number of carbonyl (C=O) groups is 2. The van der Waals surface area contributed by atoms with Crippen LogP contribution in [-0.4, -0.2) is 30.1 Å². The Hall–Kier alpha value is -2.83. The molecule has 2 amide bonds. The molecule has 2 heterocycles. The third kappa shape index (κ3) is 2.41. The van der Waals surface area contributed by atoms with Crippen LogP contribution in [0.25, 0.3) is 0 Å². The number of nitrogens with zero attached hydrogens (tertiary/aromatic N) is 2. The number of carbonyl (C=O) groups excluding carboxylic acids is 2. The van der Waals surface area contributed by atoms with Gasteiger partial charge < -0.3 is 19.5 Å². The van der Waals surface area contributed by atoms with E-state index < -0.39 is 6.10 Å². The van der Waals surface area contributed by atoms with Gasteiger partial charge in [-0.2, -0.15) is 0 Å². The van der Waals surface area contributed by atoms with Crippen molar-refractivity contribution in [3.8, 4) is 5.75 Å². The van der Waals surface area contributed by atoms with Crippen LogP contribution >= 0.6 is 0 Å². The number of amides is 2. The van der Waals surface area contributed by atoms with Crippen molar-refractivity contribution in [3.05, 3.63) is 35.6 Å². The van der Waals surface area contributed by atoms with E-state index in [9.17, 15) is 9.59 Å². The molecular weight excluding hydrogens is 286 g/mol. The Morgan fingerprint density at radius 3 is 2.82 bits per heavy atom. The predicted octanol–water partition coefficient (Wildman–Crippen LogP) is 1.98. The van der Waals surface area contributed by atoms with E-state index in [0.29, 0.717) is 28.6 Å². The van der Waals surface area contributed by atoms with Crippen LogP contribution in [0, 0.1) is 6.92 Å². The number of hydrogen-bond donors (Lipinski definition) is 1. The van der Waals surface area contributed by atoms with E-state index in [1.807, 2.05) is 0 Å². The number of nitrogens with one attached hydrogen (secondary N) is 1. The molecule has 22 heavy (non-hydrogen) atoms. The summed E-state index contributed by atoms with van der Waals surface area (Å²) >= 11 is 0. The number of aryl methyl sites for hydroxylation is 1. The molecule has 1 atom stereocenters. The Kier molecular flexibility index (Phi) is 3.32. The van der Waals surface area contributed by atoms with Crippen LogP contribution in [0.3, 0.4) is 0 Å². The fourth-order valence-corrected chi connectivity index (χ4v) is 2.27. The van der Waals surface area contributed by atoms with E-state index in [1.165, 1.54) is 4.90 Å². The molecule has 0 bridgehead atoms. The summed E-state index contributed by atoms with van der Waals surface area (Å²) in [7, 11) is 1.66. The summed E-state index contributed by atoms with van der Waals surface area (Å²) in [6.45, 7) is 3.43. The van der Waals surface area contributed by atoms with Crippen molar-refractivity contribution in [1.82, 2.24) is 5.16 Å². The summed E-state index contributed by atoms with van der Waals surface area (Å²) in [6, 6.07) is 6.55. The van der Waals surface area contributed by atoms with E-state index >= 15 is 0 Å². The second-order valence-electron chi connectivity index (χ2n) is 5.12. The van der Waals surface area contributed by atoms with Crippen LogP contribution in [0.2, 0.25) is 0 Å². The van der Waals surface area contributed by atoms with Crippen LogP contribution in [-0.2, 0) is 4.79 Å². The Morgan fingerprint density at radius 1 is 1.36 bits per heavy atom.